The standard InChI is InChI=1S/C17H20N4O2/c22-16-12-8-18-5-4-14(12)20-9-13(16)17(23)21-11-2-1-10-3-6-19-15(10)7-11/h1-2,7,9,12,14,18-19,22H,3-6,8H2,(H,21,23). The van der Waals surface area contributed by atoms with Crippen molar-refractivity contribution in [1.82, 2.24) is 5.32 Å². The van der Waals surface area contributed by atoms with Gasteiger partial charge in [0.05, 0.1) is 17.5 Å². The number of aliphatic hydroxyl groups is 1. The molecule has 3 heterocycles. The highest BCUT2D eigenvalue weighted by Gasteiger charge is 2.33. The minimum absolute atomic E-state index is 0.0806. The molecular weight excluding hydrogens is 292 g/mol. The average molecular weight is 312 g/mol. The van der Waals surface area contributed by atoms with Crippen LogP contribution in [0.1, 0.15) is 12.0 Å². The SMILES string of the molecule is O=C(Nc1ccc2c(c1)NCC2)C1=C(O)C2CNCCC2N=C1. The van der Waals surface area contributed by atoms with Crippen LogP contribution >= 0.6 is 0 Å². The van der Waals surface area contributed by atoms with Crippen molar-refractivity contribution in [1.29, 1.82) is 0 Å². The monoisotopic (exact) mass is 312 g/mol. The van der Waals surface area contributed by atoms with Crippen LogP contribution in [0.3, 0.4) is 0 Å². The number of fused-ring (bicyclic) bond motifs is 2. The quantitative estimate of drug-likeness (QED) is 0.666. The lowest BCUT2D eigenvalue weighted by molar-refractivity contribution is -0.112. The summed E-state index contributed by atoms with van der Waals surface area (Å²) in [5, 5.41) is 19.8. The van der Waals surface area contributed by atoms with Crippen LogP contribution in [0.15, 0.2) is 34.5 Å². The Hall–Kier alpha value is -2.34. The van der Waals surface area contributed by atoms with Crippen molar-refractivity contribution in [2.45, 2.75) is 18.9 Å². The predicted molar refractivity (Wildman–Crippen MR) is 90.2 cm³/mol. The van der Waals surface area contributed by atoms with Gasteiger partial charge in [0, 0.05) is 30.7 Å². The van der Waals surface area contributed by atoms with Crippen molar-refractivity contribution in [3.05, 3.63) is 35.1 Å². The van der Waals surface area contributed by atoms with Crippen LogP contribution in [-0.2, 0) is 11.2 Å². The van der Waals surface area contributed by atoms with E-state index in [4.69, 9.17) is 0 Å². The van der Waals surface area contributed by atoms with E-state index in [0.29, 0.717) is 6.54 Å². The van der Waals surface area contributed by atoms with Crippen LogP contribution in [0.25, 0.3) is 0 Å². The molecule has 4 N–H and O–H groups in total. The van der Waals surface area contributed by atoms with Crippen LogP contribution in [0.5, 0.6) is 0 Å². The molecule has 3 aliphatic rings. The molecule has 1 aromatic carbocycles. The van der Waals surface area contributed by atoms with Crippen LogP contribution in [0, 0.1) is 5.92 Å². The van der Waals surface area contributed by atoms with E-state index in [0.717, 1.165) is 37.3 Å². The van der Waals surface area contributed by atoms with Gasteiger partial charge in [0.2, 0.25) is 0 Å². The third-order valence-electron chi connectivity index (χ3n) is 4.79. The third kappa shape index (κ3) is 2.59. The topological polar surface area (TPSA) is 85.8 Å². The molecule has 120 valence electrons. The maximum Gasteiger partial charge on any atom is 0.260 e. The zero-order valence-corrected chi connectivity index (χ0v) is 12.8. The molecule has 2 unspecified atom stereocenters. The van der Waals surface area contributed by atoms with Gasteiger partial charge in [0.25, 0.3) is 5.91 Å². The number of hydrogen-bond acceptors (Lipinski definition) is 5. The van der Waals surface area contributed by atoms with E-state index in [1.807, 2.05) is 18.2 Å². The smallest absolute Gasteiger partial charge is 0.260 e. The van der Waals surface area contributed by atoms with E-state index in [1.165, 1.54) is 11.8 Å². The van der Waals surface area contributed by atoms with Crippen LogP contribution in [0.4, 0.5) is 11.4 Å². The van der Waals surface area contributed by atoms with Crippen molar-refractivity contribution in [3.63, 3.8) is 0 Å². The molecule has 0 bridgehead atoms. The second-order valence-corrected chi connectivity index (χ2v) is 6.25. The number of carbonyl (C=O) groups excluding carboxylic acids is 1. The lowest BCUT2D eigenvalue weighted by Crippen LogP contribution is -2.42. The zero-order chi connectivity index (χ0) is 15.8. The Labute approximate surface area is 134 Å². The van der Waals surface area contributed by atoms with Crippen molar-refractivity contribution < 1.29 is 9.90 Å². The molecule has 6 heteroatoms. The highest BCUT2D eigenvalue weighted by Crippen LogP contribution is 2.29. The lowest BCUT2D eigenvalue weighted by atomic mass is 9.88. The largest absolute Gasteiger partial charge is 0.511 e. The molecule has 0 spiro atoms. The van der Waals surface area contributed by atoms with Crippen LogP contribution < -0.4 is 16.0 Å². The summed E-state index contributed by atoms with van der Waals surface area (Å²) in [4.78, 5) is 16.9. The molecule has 4 rings (SSSR count). The number of rotatable bonds is 2. The van der Waals surface area contributed by atoms with E-state index < -0.39 is 0 Å². The fraction of sp³-hybridized carbons (Fsp3) is 0.412. The number of amides is 1. The van der Waals surface area contributed by atoms with Gasteiger partial charge >= 0.3 is 0 Å². The number of nitrogens with one attached hydrogen (secondary N) is 3. The van der Waals surface area contributed by atoms with Crippen molar-refractivity contribution in [3.8, 4) is 0 Å². The fourth-order valence-corrected chi connectivity index (χ4v) is 3.48. The van der Waals surface area contributed by atoms with Crippen molar-refractivity contribution in [2.75, 3.05) is 30.3 Å². The molecule has 1 fully saturated rings. The highest BCUT2D eigenvalue weighted by atomic mass is 16.3. The first-order chi connectivity index (χ1) is 11.2. The molecule has 1 amide bonds. The summed E-state index contributed by atoms with van der Waals surface area (Å²) in [5.74, 6) is -0.265. The van der Waals surface area contributed by atoms with Gasteiger partial charge in [-0.2, -0.15) is 0 Å². The number of hydrogen-bond donors (Lipinski definition) is 4. The Morgan fingerprint density at radius 2 is 2.26 bits per heavy atom. The summed E-state index contributed by atoms with van der Waals surface area (Å²) in [6.07, 6.45) is 3.41. The number of dihydropyridines is 1. The first-order valence-corrected chi connectivity index (χ1v) is 8.07. The molecule has 0 aromatic heterocycles. The number of aliphatic hydroxyl groups excluding tert-OH is 1. The average Bonchev–Trinajstić information content (AvgIpc) is 3.03. The minimum Gasteiger partial charge on any atom is -0.511 e. The van der Waals surface area contributed by atoms with E-state index in [1.54, 1.807) is 0 Å². The van der Waals surface area contributed by atoms with Gasteiger partial charge in [-0.05, 0) is 37.1 Å². The third-order valence-corrected chi connectivity index (χ3v) is 4.79. The van der Waals surface area contributed by atoms with E-state index in [9.17, 15) is 9.90 Å². The van der Waals surface area contributed by atoms with Gasteiger partial charge in [-0.15, -0.1) is 0 Å². The Balaban J connectivity index is 1.53. The van der Waals surface area contributed by atoms with Crippen molar-refractivity contribution >= 4 is 23.5 Å². The van der Waals surface area contributed by atoms with Gasteiger partial charge in [-0.3, -0.25) is 9.79 Å². The Bertz CT molecular complexity index is 711. The normalized spacial score (nSPS) is 25.6. The van der Waals surface area contributed by atoms with E-state index in [2.05, 4.69) is 20.9 Å². The molecule has 6 nitrogen and oxygen atoms in total. The molecule has 0 saturated carbocycles. The van der Waals surface area contributed by atoms with E-state index >= 15 is 0 Å². The second kappa shape index (κ2) is 5.70. The Morgan fingerprint density at radius 1 is 1.35 bits per heavy atom. The molecule has 0 aliphatic carbocycles. The first-order valence-electron chi connectivity index (χ1n) is 8.07. The number of aliphatic imine (C=N–C) groups is 1. The predicted octanol–water partition coefficient (Wildman–Crippen LogP) is 1.47. The molecule has 0 radical (unpaired) electrons. The lowest BCUT2D eigenvalue weighted by Gasteiger charge is -2.32. The Kier molecular flexibility index (Phi) is 3.53. The maximum atomic E-state index is 12.5. The van der Waals surface area contributed by atoms with Gasteiger partial charge in [-0.25, -0.2) is 0 Å². The highest BCUT2D eigenvalue weighted by molar-refractivity contribution is 6.18. The van der Waals surface area contributed by atoms with Crippen molar-refractivity contribution in [2.24, 2.45) is 10.9 Å². The number of anilines is 2. The summed E-state index contributed by atoms with van der Waals surface area (Å²) in [6, 6.07) is 5.93. The summed E-state index contributed by atoms with van der Waals surface area (Å²) < 4.78 is 0. The number of piperidine rings is 1. The number of nitrogens with zero attached hydrogens (tertiary/aromatic N) is 1. The molecule has 1 aromatic rings. The minimum atomic E-state index is -0.312. The van der Waals surface area contributed by atoms with Gasteiger partial charge in [0.15, 0.2) is 0 Å². The van der Waals surface area contributed by atoms with Gasteiger partial charge in [0.1, 0.15) is 5.76 Å². The number of benzene rings is 1. The zero-order valence-electron chi connectivity index (χ0n) is 12.8. The number of carbonyl (C=O) groups is 1. The fourth-order valence-electron chi connectivity index (χ4n) is 3.48. The molecule has 2 atom stereocenters. The molecule has 3 aliphatic heterocycles. The van der Waals surface area contributed by atoms with Gasteiger partial charge in [-0.1, -0.05) is 6.07 Å². The second-order valence-electron chi connectivity index (χ2n) is 6.25. The van der Waals surface area contributed by atoms with Crippen LogP contribution in [-0.4, -0.2) is 42.9 Å². The van der Waals surface area contributed by atoms with E-state index in [-0.39, 0.29) is 29.2 Å². The molecule has 23 heavy (non-hydrogen) atoms. The summed E-state index contributed by atoms with van der Waals surface area (Å²) >= 11 is 0. The van der Waals surface area contributed by atoms with Gasteiger partial charge < -0.3 is 21.1 Å². The molecule has 1 saturated heterocycles. The Morgan fingerprint density at radius 3 is 3.17 bits per heavy atom. The summed E-state index contributed by atoms with van der Waals surface area (Å²) in [7, 11) is 0. The summed E-state index contributed by atoms with van der Waals surface area (Å²) in [5.41, 5.74) is 3.32. The van der Waals surface area contributed by atoms with Crippen LogP contribution in [0.2, 0.25) is 0 Å². The first kappa shape index (κ1) is 14.3. The molecular formula is C17H20N4O2. The summed E-state index contributed by atoms with van der Waals surface area (Å²) in [6.45, 7) is 2.49. The maximum absolute atomic E-state index is 12.5.